The molecule has 3 rings (SSSR count). The van der Waals surface area contributed by atoms with E-state index in [1.54, 1.807) is 11.8 Å². The number of anilines is 1. The Morgan fingerprint density at radius 1 is 1.25 bits per heavy atom. The van der Waals surface area contributed by atoms with Gasteiger partial charge in [-0.15, -0.1) is 0 Å². The first-order valence-corrected chi connectivity index (χ1v) is 7.52. The molecule has 2 unspecified atom stereocenters. The van der Waals surface area contributed by atoms with E-state index in [0.717, 1.165) is 23.4 Å². The first-order valence-electron chi connectivity index (χ1n) is 6.53. The van der Waals surface area contributed by atoms with Crippen molar-refractivity contribution in [1.29, 1.82) is 0 Å². The lowest BCUT2D eigenvalue weighted by Gasteiger charge is -2.23. The van der Waals surface area contributed by atoms with Crippen LogP contribution in [0.2, 0.25) is 0 Å². The molecule has 0 radical (unpaired) electrons. The first kappa shape index (κ1) is 13.7. The van der Waals surface area contributed by atoms with E-state index in [4.69, 9.17) is 0 Å². The molecule has 0 bridgehead atoms. The molecule has 0 aromatic carbocycles. The molecule has 1 saturated carbocycles. The lowest BCUT2D eigenvalue weighted by Crippen LogP contribution is -2.25. The lowest BCUT2D eigenvalue weighted by atomic mass is 10.1. The van der Waals surface area contributed by atoms with Crippen LogP contribution in [0.15, 0.2) is 23.3 Å². The van der Waals surface area contributed by atoms with Crippen LogP contribution in [-0.2, 0) is 6.18 Å². The molecule has 0 amide bonds. The normalized spacial score (nSPS) is 26.1. The van der Waals surface area contributed by atoms with Crippen molar-refractivity contribution in [3.63, 3.8) is 0 Å². The molecule has 1 aliphatic heterocycles. The Kier molecular flexibility index (Phi) is 3.62. The van der Waals surface area contributed by atoms with Gasteiger partial charge in [-0.05, 0) is 30.9 Å². The molecule has 0 saturated heterocycles. The number of thioether (sulfide) groups is 1. The smallest absolute Gasteiger partial charge is 0.334 e. The largest absolute Gasteiger partial charge is 0.433 e. The maximum Gasteiger partial charge on any atom is 0.433 e. The number of halogens is 3. The van der Waals surface area contributed by atoms with Crippen molar-refractivity contribution in [2.75, 3.05) is 11.1 Å². The minimum absolute atomic E-state index is 0.376. The number of alkyl halides is 3. The Balaban J connectivity index is 1.69. The molecular formula is C13H14F3N3S. The van der Waals surface area contributed by atoms with Crippen molar-refractivity contribution in [2.24, 2.45) is 10.9 Å². The van der Waals surface area contributed by atoms with Gasteiger partial charge in [0.25, 0.3) is 0 Å². The molecule has 1 aromatic rings. The molecule has 108 valence electrons. The molecule has 2 aliphatic rings. The fraction of sp³-hybridized carbons (Fsp3) is 0.538. The van der Waals surface area contributed by atoms with E-state index in [1.165, 1.54) is 25.1 Å². The van der Waals surface area contributed by atoms with Crippen LogP contribution < -0.4 is 5.32 Å². The summed E-state index contributed by atoms with van der Waals surface area (Å²) >= 11 is 1.63. The van der Waals surface area contributed by atoms with Crippen LogP contribution in [0, 0.1) is 5.92 Å². The van der Waals surface area contributed by atoms with E-state index in [9.17, 15) is 13.2 Å². The van der Waals surface area contributed by atoms with Gasteiger partial charge in [0.1, 0.15) is 5.69 Å². The van der Waals surface area contributed by atoms with E-state index < -0.39 is 11.9 Å². The predicted molar refractivity (Wildman–Crippen MR) is 73.9 cm³/mol. The van der Waals surface area contributed by atoms with Gasteiger partial charge in [-0.3, -0.25) is 4.99 Å². The van der Waals surface area contributed by atoms with Crippen molar-refractivity contribution >= 4 is 22.6 Å². The molecule has 2 atom stereocenters. The summed E-state index contributed by atoms with van der Waals surface area (Å²) in [6, 6.07) is 2.75. The summed E-state index contributed by atoms with van der Waals surface area (Å²) < 4.78 is 37.2. The van der Waals surface area contributed by atoms with Crippen LogP contribution in [0.1, 0.15) is 25.0 Å². The molecule has 1 aromatic heterocycles. The monoisotopic (exact) mass is 301 g/mol. The molecule has 7 heteroatoms. The predicted octanol–water partition coefficient (Wildman–Crippen LogP) is 3.78. The van der Waals surface area contributed by atoms with Crippen LogP contribution >= 0.6 is 11.8 Å². The number of fused-ring (bicyclic) bond motifs is 1. The van der Waals surface area contributed by atoms with E-state index in [2.05, 4.69) is 15.3 Å². The highest BCUT2D eigenvalue weighted by molar-refractivity contribution is 8.14. The number of rotatable bonds is 1. The number of hydrogen-bond donors (Lipinski definition) is 1. The second-order valence-electron chi connectivity index (χ2n) is 5.06. The SMILES string of the molecule is FC(F)(F)c1ccc(NC2=NC3CCCC3CS2)cn1. The number of pyridine rings is 1. The summed E-state index contributed by atoms with van der Waals surface area (Å²) in [6.45, 7) is 0. The third kappa shape index (κ3) is 2.92. The van der Waals surface area contributed by atoms with Gasteiger partial charge in [0, 0.05) is 5.75 Å². The zero-order chi connectivity index (χ0) is 14.2. The maximum absolute atomic E-state index is 12.4. The minimum atomic E-state index is -4.40. The standard InChI is InChI=1S/C13H14F3N3S/c14-13(15,16)11-5-4-9(6-17-11)18-12-19-10-3-1-2-8(10)7-20-12/h4-6,8,10H,1-3,7H2,(H,18,19). The molecule has 20 heavy (non-hydrogen) atoms. The molecule has 1 aliphatic carbocycles. The highest BCUT2D eigenvalue weighted by Crippen LogP contribution is 2.35. The molecule has 2 heterocycles. The van der Waals surface area contributed by atoms with Crippen LogP contribution in [-0.4, -0.2) is 21.9 Å². The highest BCUT2D eigenvalue weighted by atomic mass is 32.2. The van der Waals surface area contributed by atoms with E-state index in [0.29, 0.717) is 17.6 Å². The van der Waals surface area contributed by atoms with Gasteiger partial charge in [0.2, 0.25) is 0 Å². The van der Waals surface area contributed by atoms with E-state index in [1.807, 2.05) is 0 Å². The summed E-state index contributed by atoms with van der Waals surface area (Å²) in [5, 5.41) is 3.84. The molecule has 1 fully saturated rings. The molecule has 0 spiro atoms. The van der Waals surface area contributed by atoms with Crippen LogP contribution in [0.3, 0.4) is 0 Å². The zero-order valence-corrected chi connectivity index (χ0v) is 11.5. The lowest BCUT2D eigenvalue weighted by molar-refractivity contribution is -0.141. The Hall–Kier alpha value is -1.24. The average Bonchev–Trinajstić information content (AvgIpc) is 2.86. The van der Waals surface area contributed by atoms with Crippen molar-refractivity contribution < 1.29 is 13.2 Å². The highest BCUT2D eigenvalue weighted by Gasteiger charge is 2.33. The Morgan fingerprint density at radius 2 is 2.10 bits per heavy atom. The summed E-state index contributed by atoms with van der Waals surface area (Å²) in [5.74, 6) is 1.70. The van der Waals surface area contributed by atoms with Gasteiger partial charge in [-0.1, -0.05) is 18.2 Å². The number of nitrogens with one attached hydrogen (secondary N) is 1. The Bertz CT molecular complexity index is 513. The van der Waals surface area contributed by atoms with Crippen molar-refractivity contribution in [2.45, 2.75) is 31.5 Å². The van der Waals surface area contributed by atoms with Crippen LogP contribution in [0.4, 0.5) is 18.9 Å². The number of aromatic nitrogens is 1. The maximum atomic E-state index is 12.4. The first-order chi connectivity index (χ1) is 9.52. The third-order valence-corrected chi connectivity index (χ3v) is 4.72. The number of nitrogens with zero attached hydrogens (tertiary/aromatic N) is 2. The van der Waals surface area contributed by atoms with Crippen LogP contribution in [0.25, 0.3) is 0 Å². The van der Waals surface area contributed by atoms with Gasteiger partial charge in [-0.2, -0.15) is 13.2 Å². The van der Waals surface area contributed by atoms with Gasteiger partial charge in [0.05, 0.1) is 17.9 Å². The summed E-state index contributed by atoms with van der Waals surface area (Å²) in [5.41, 5.74) is -0.335. The van der Waals surface area contributed by atoms with E-state index >= 15 is 0 Å². The summed E-state index contributed by atoms with van der Waals surface area (Å²) in [4.78, 5) is 8.06. The van der Waals surface area contributed by atoms with Crippen LogP contribution in [0.5, 0.6) is 0 Å². The summed E-state index contributed by atoms with van der Waals surface area (Å²) in [7, 11) is 0. The van der Waals surface area contributed by atoms with E-state index in [-0.39, 0.29) is 0 Å². The quantitative estimate of drug-likeness (QED) is 0.857. The van der Waals surface area contributed by atoms with Gasteiger partial charge >= 0.3 is 6.18 Å². The molecule has 3 nitrogen and oxygen atoms in total. The fourth-order valence-corrected chi connectivity index (χ4v) is 3.74. The second kappa shape index (κ2) is 5.27. The average molecular weight is 301 g/mol. The van der Waals surface area contributed by atoms with Gasteiger partial charge in [0.15, 0.2) is 5.17 Å². The van der Waals surface area contributed by atoms with Crippen molar-refractivity contribution in [3.8, 4) is 0 Å². The Labute approximate surface area is 119 Å². The zero-order valence-electron chi connectivity index (χ0n) is 10.7. The summed E-state index contributed by atoms with van der Waals surface area (Å²) in [6.07, 6.45) is 0.367. The molecular weight excluding hydrogens is 287 g/mol. The van der Waals surface area contributed by atoms with Gasteiger partial charge < -0.3 is 5.32 Å². The number of hydrogen-bond acceptors (Lipinski definition) is 4. The topological polar surface area (TPSA) is 37.3 Å². The van der Waals surface area contributed by atoms with Crippen molar-refractivity contribution in [1.82, 2.24) is 4.98 Å². The minimum Gasteiger partial charge on any atom is -0.334 e. The number of amidine groups is 1. The second-order valence-corrected chi connectivity index (χ2v) is 6.07. The molecule has 1 N–H and O–H groups in total. The Morgan fingerprint density at radius 3 is 2.80 bits per heavy atom. The third-order valence-electron chi connectivity index (χ3n) is 3.64. The van der Waals surface area contributed by atoms with Gasteiger partial charge in [-0.25, -0.2) is 4.98 Å². The number of aliphatic imine (C=N–C) groups is 1. The van der Waals surface area contributed by atoms with Crippen molar-refractivity contribution in [3.05, 3.63) is 24.0 Å². The fourth-order valence-electron chi connectivity index (χ4n) is 2.58.